The summed E-state index contributed by atoms with van der Waals surface area (Å²) in [5.74, 6) is -0.00717. The van der Waals surface area contributed by atoms with E-state index >= 15 is 0 Å². The van der Waals surface area contributed by atoms with E-state index in [2.05, 4.69) is 5.32 Å². The van der Waals surface area contributed by atoms with Gasteiger partial charge in [0.05, 0.1) is 0 Å². The van der Waals surface area contributed by atoms with E-state index in [-0.39, 0.29) is 0 Å². The summed E-state index contributed by atoms with van der Waals surface area (Å²) in [5, 5.41) is 2.64. The molecule has 0 atom stereocenters. The number of ether oxygens (including phenoxy) is 2. The Balaban J connectivity index is 2.17. The summed E-state index contributed by atoms with van der Waals surface area (Å²) < 4.78 is 11.4. The van der Waals surface area contributed by atoms with Crippen molar-refractivity contribution in [3.8, 4) is 0 Å². The minimum atomic E-state index is -0.790. The van der Waals surface area contributed by atoms with E-state index in [1.54, 1.807) is 0 Å². The average Bonchev–Trinajstić information content (AvgIpc) is 3.07. The van der Waals surface area contributed by atoms with Gasteiger partial charge in [-0.15, -0.1) is 0 Å². The monoisotopic (exact) mass is 343 g/mol. The Bertz CT molecular complexity index is 734. The van der Waals surface area contributed by atoms with Crippen LogP contribution in [-0.2, 0) is 14.3 Å². The summed E-state index contributed by atoms with van der Waals surface area (Å²) in [6, 6.07) is 4.07. The number of alkyl carbamates (subject to hydrolysis) is 1. The van der Waals surface area contributed by atoms with Gasteiger partial charge < -0.3 is 14.8 Å². The highest BCUT2D eigenvalue weighted by atomic mass is 16.6. The Labute approximate surface area is 148 Å². The van der Waals surface area contributed by atoms with Gasteiger partial charge in [-0.3, -0.25) is 0 Å². The van der Waals surface area contributed by atoms with Crippen LogP contribution in [0.15, 0.2) is 17.9 Å². The van der Waals surface area contributed by atoms with E-state index in [9.17, 15) is 9.59 Å². The maximum Gasteiger partial charge on any atom is 0.412 e. The SMILES string of the molecule is CCNC(=O)OC1=C(c2c(C)cc(C)cc2C)C(=O)OC12CCCC2. The predicted molar refractivity (Wildman–Crippen MR) is 95.0 cm³/mol. The first kappa shape index (κ1) is 17.5. The van der Waals surface area contributed by atoms with Gasteiger partial charge in [0.1, 0.15) is 5.57 Å². The van der Waals surface area contributed by atoms with Crippen LogP contribution in [0.25, 0.3) is 5.57 Å². The summed E-state index contributed by atoms with van der Waals surface area (Å²) in [7, 11) is 0. The molecule has 0 bridgehead atoms. The fourth-order valence-electron chi connectivity index (χ4n) is 4.08. The van der Waals surface area contributed by atoms with E-state index < -0.39 is 17.7 Å². The number of hydrogen-bond donors (Lipinski definition) is 1. The number of rotatable bonds is 3. The summed E-state index contributed by atoms with van der Waals surface area (Å²) in [6.07, 6.45) is 2.76. The van der Waals surface area contributed by atoms with Crippen LogP contribution in [0.5, 0.6) is 0 Å². The van der Waals surface area contributed by atoms with Crippen molar-refractivity contribution < 1.29 is 19.1 Å². The van der Waals surface area contributed by atoms with E-state index in [1.165, 1.54) is 0 Å². The molecule has 1 fully saturated rings. The van der Waals surface area contributed by atoms with Crippen molar-refractivity contribution in [2.75, 3.05) is 6.54 Å². The first-order valence-corrected chi connectivity index (χ1v) is 8.90. The molecule has 1 aliphatic carbocycles. The van der Waals surface area contributed by atoms with Crippen molar-refractivity contribution in [3.63, 3.8) is 0 Å². The predicted octanol–water partition coefficient (Wildman–Crippen LogP) is 3.94. The second kappa shape index (κ2) is 6.54. The smallest absolute Gasteiger partial charge is 0.412 e. The molecule has 134 valence electrons. The Hall–Kier alpha value is -2.30. The Morgan fingerprint density at radius 1 is 1.20 bits per heavy atom. The number of carbonyl (C=O) groups excluding carboxylic acids is 2. The van der Waals surface area contributed by atoms with Crippen LogP contribution in [0.2, 0.25) is 0 Å². The molecule has 1 aromatic rings. The van der Waals surface area contributed by atoms with Crippen molar-refractivity contribution in [3.05, 3.63) is 40.1 Å². The number of hydrogen-bond acceptors (Lipinski definition) is 4. The molecular weight excluding hydrogens is 318 g/mol. The Morgan fingerprint density at radius 3 is 2.36 bits per heavy atom. The third-order valence-electron chi connectivity index (χ3n) is 4.99. The zero-order valence-corrected chi connectivity index (χ0v) is 15.3. The number of aryl methyl sites for hydroxylation is 3. The lowest BCUT2D eigenvalue weighted by atomic mass is 9.90. The lowest BCUT2D eigenvalue weighted by molar-refractivity contribution is -0.146. The molecule has 0 saturated heterocycles. The van der Waals surface area contributed by atoms with Gasteiger partial charge in [-0.1, -0.05) is 17.7 Å². The molecule has 5 nitrogen and oxygen atoms in total. The second-order valence-electron chi connectivity index (χ2n) is 6.99. The first-order valence-electron chi connectivity index (χ1n) is 8.90. The lowest BCUT2D eigenvalue weighted by Crippen LogP contribution is -2.33. The Kier molecular flexibility index (Phi) is 4.58. The molecule has 1 N–H and O–H groups in total. The number of amides is 1. The topological polar surface area (TPSA) is 64.6 Å². The van der Waals surface area contributed by atoms with Crippen LogP contribution in [0, 0.1) is 20.8 Å². The van der Waals surface area contributed by atoms with Crippen LogP contribution in [0.4, 0.5) is 4.79 Å². The van der Waals surface area contributed by atoms with E-state index in [4.69, 9.17) is 9.47 Å². The number of benzene rings is 1. The van der Waals surface area contributed by atoms with E-state index in [1.807, 2.05) is 39.8 Å². The molecule has 1 amide bonds. The largest absolute Gasteiger partial charge is 0.447 e. The molecule has 1 saturated carbocycles. The van der Waals surface area contributed by atoms with Gasteiger partial charge in [0.25, 0.3) is 0 Å². The number of carbonyl (C=O) groups is 2. The van der Waals surface area contributed by atoms with Crippen LogP contribution in [0.3, 0.4) is 0 Å². The van der Waals surface area contributed by atoms with Gasteiger partial charge in [0.15, 0.2) is 11.4 Å². The molecule has 3 rings (SSSR count). The fraction of sp³-hybridized carbons (Fsp3) is 0.500. The fourth-order valence-corrected chi connectivity index (χ4v) is 4.08. The third kappa shape index (κ3) is 3.03. The first-order chi connectivity index (χ1) is 11.9. The minimum absolute atomic E-state index is 0.385. The second-order valence-corrected chi connectivity index (χ2v) is 6.99. The van der Waals surface area contributed by atoms with Gasteiger partial charge in [-0.2, -0.15) is 0 Å². The molecule has 5 heteroatoms. The van der Waals surface area contributed by atoms with E-state index in [0.29, 0.717) is 30.7 Å². The van der Waals surface area contributed by atoms with Gasteiger partial charge >= 0.3 is 12.1 Å². The van der Waals surface area contributed by atoms with Crippen LogP contribution < -0.4 is 5.32 Å². The van der Waals surface area contributed by atoms with Gasteiger partial charge in [0, 0.05) is 6.54 Å². The van der Waals surface area contributed by atoms with Crippen LogP contribution in [0.1, 0.15) is 54.9 Å². The van der Waals surface area contributed by atoms with Crippen molar-refractivity contribution in [2.45, 2.75) is 59.0 Å². The molecule has 2 aliphatic rings. The maximum atomic E-state index is 12.8. The highest BCUT2D eigenvalue weighted by Crippen LogP contribution is 2.49. The van der Waals surface area contributed by atoms with Crippen LogP contribution >= 0.6 is 0 Å². The Morgan fingerprint density at radius 2 is 1.80 bits per heavy atom. The van der Waals surface area contributed by atoms with Crippen molar-refractivity contribution >= 4 is 17.6 Å². The third-order valence-corrected chi connectivity index (χ3v) is 4.99. The van der Waals surface area contributed by atoms with Gasteiger partial charge in [-0.05, 0) is 70.1 Å². The standard InChI is InChI=1S/C20H25NO4/c1-5-21-19(23)24-17-16(15-13(3)10-12(2)11-14(15)4)18(22)25-20(17)8-6-7-9-20/h10-11H,5-9H2,1-4H3,(H,21,23). The molecule has 1 heterocycles. The molecule has 0 unspecified atom stereocenters. The highest BCUT2D eigenvalue weighted by Gasteiger charge is 2.52. The van der Waals surface area contributed by atoms with Gasteiger partial charge in [-0.25, -0.2) is 9.59 Å². The summed E-state index contributed by atoms with van der Waals surface area (Å²) in [6.45, 7) is 8.26. The normalized spacial score (nSPS) is 18.6. The molecule has 0 radical (unpaired) electrons. The minimum Gasteiger partial charge on any atom is -0.447 e. The molecule has 1 spiro atoms. The van der Waals surface area contributed by atoms with Crippen LogP contribution in [-0.4, -0.2) is 24.2 Å². The lowest BCUT2D eigenvalue weighted by Gasteiger charge is -2.24. The molecule has 1 aromatic carbocycles. The number of nitrogens with one attached hydrogen (secondary N) is 1. The van der Waals surface area contributed by atoms with Crippen molar-refractivity contribution in [2.24, 2.45) is 0 Å². The quantitative estimate of drug-likeness (QED) is 0.844. The van der Waals surface area contributed by atoms with E-state index in [0.717, 1.165) is 35.1 Å². The molecular formula is C20H25NO4. The summed E-state index contributed by atoms with van der Waals surface area (Å²) >= 11 is 0. The molecule has 1 aliphatic heterocycles. The zero-order chi connectivity index (χ0) is 18.2. The average molecular weight is 343 g/mol. The molecule has 0 aromatic heterocycles. The number of esters is 1. The van der Waals surface area contributed by atoms with Gasteiger partial charge in [0.2, 0.25) is 0 Å². The highest BCUT2D eigenvalue weighted by molar-refractivity contribution is 6.20. The summed E-state index contributed by atoms with van der Waals surface area (Å²) in [4.78, 5) is 24.9. The summed E-state index contributed by atoms with van der Waals surface area (Å²) in [5.41, 5.74) is 3.53. The zero-order valence-electron chi connectivity index (χ0n) is 15.3. The van der Waals surface area contributed by atoms with Crippen molar-refractivity contribution in [1.29, 1.82) is 0 Å². The maximum absolute atomic E-state index is 12.8. The molecule has 25 heavy (non-hydrogen) atoms. The van der Waals surface area contributed by atoms with Crippen molar-refractivity contribution in [1.82, 2.24) is 5.32 Å².